The van der Waals surface area contributed by atoms with E-state index in [2.05, 4.69) is 5.32 Å². The van der Waals surface area contributed by atoms with Crippen LogP contribution in [-0.4, -0.2) is 19.2 Å². The monoisotopic (exact) mass is 321 g/mol. The zero-order valence-electron chi connectivity index (χ0n) is 12.6. The molecule has 1 N–H and O–H groups in total. The van der Waals surface area contributed by atoms with Crippen molar-refractivity contribution >= 4 is 0 Å². The summed E-state index contributed by atoms with van der Waals surface area (Å²) in [5.41, 5.74) is 2.03. The molecule has 5 heteroatoms. The van der Waals surface area contributed by atoms with Gasteiger partial charge >= 0.3 is 6.18 Å². The van der Waals surface area contributed by atoms with Crippen LogP contribution in [0.25, 0.3) is 11.1 Å². The van der Waals surface area contributed by atoms with Gasteiger partial charge in [0.15, 0.2) is 0 Å². The standard InChI is InChI=1S/C18H18F3NO/c19-18(20,21)15-7-5-13(6-8-15)17-4-2-1-3-14(17)12-23-16-9-10-22-11-16/h1-8,16,22H,9-12H2/t16-/m0/s1. The number of nitrogens with one attached hydrogen (secondary N) is 1. The van der Waals surface area contributed by atoms with Crippen molar-refractivity contribution in [3.05, 3.63) is 59.7 Å². The average Bonchev–Trinajstić information content (AvgIpc) is 3.06. The highest BCUT2D eigenvalue weighted by Crippen LogP contribution is 2.32. The van der Waals surface area contributed by atoms with Gasteiger partial charge in [0.05, 0.1) is 18.3 Å². The van der Waals surface area contributed by atoms with Crippen LogP contribution in [0.5, 0.6) is 0 Å². The van der Waals surface area contributed by atoms with Crippen molar-refractivity contribution in [2.24, 2.45) is 0 Å². The molecule has 0 amide bonds. The Hall–Kier alpha value is -1.85. The third kappa shape index (κ3) is 3.92. The van der Waals surface area contributed by atoms with Crippen LogP contribution in [0.1, 0.15) is 17.5 Å². The SMILES string of the molecule is FC(F)(F)c1ccc(-c2ccccc2CO[C@H]2CCNC2)cc1. The van der Waals surface area contributed by atoms with Gasteiger partial charge in [-0.05, 0) is 41.8 Å². The van der Waals surface area contributed by atoms with Crippen molar-refractivity contribution in [3.8, 4) is 11.1 Å². The Morgan fingerprint density at radius 1 is 1.04 bits per heavy atom. The summed E-state index contributed by atoms with van der Waals surface area (Å²) in [6.45, 7) is 2.28. The minimum Gasteiger partial charge on any atom is -0.372 e. The van der Waals surface area contributed by atoms with Gasteiger partial charge in [-0.3, -0.25) is 0 Å². The number of hydrogen-bond donors (Lipinski definition) is 1. The number of benzene rings is 2. The van der Waals surface area contributed by atoms with Crippen molar-refractivity contribution in [2.45, 2.75) is 25.3 Å². The van der Waals surface area contributed by atoms with E-state index < -0.39 is 11.7 Å². The maximum Gasteiger partial charge on any atom is 0.416 e. The Kier molecular flexibility index (Phi) is 4.68. The minimum atomic E-state index is -4.31. The first-order valence-corrected chi connectivity index (χ1v) is 7.62. The smallest absolute Gasteiger partial charge is 0.372 e. The molecule has 23 heavy (non-hydrogen) atoms. The number of alkyl halides is 3. The fourth-order valence-electron chi connectivity index (χ4n) is 2.74. The van der Waals surface area contributed by atoms with E-state index in [1.807, 2.05) is 24.3 Å². The summed E-state index contributed by atoms with van der Waals surface area (Å²) >= 11 is 0. The maximum absolute atomic E-state index is 12.7. The Morgan fingerprint density at radius 2 is 1.78 bits per heavy atom. The van der Waals surface area contributed by atoms with Gasteiger partial charge in [-0.1, -0.05) is 36.4 Å². The summed E-state index contributed by atoms with van der Waals surface area (Å²) < 4.78 is 43.9. The molecule has 0 aromatic heterocycles. The molecular formula is C18H18F3NO. The van der Waals surface area contributed by atoms with E-state index in [-0.39, 0.29) is 6.10 Å². The second kappa shape index (κ2) is 6.72. The van der Waals surface area contributed by atoms with Gasteiger partial charge in [0, 0.05) is 6.54 Å². The molecule has 0 spiro atoms. The molecule has 0 aliphatic carbocycles. The fourth-order valence-corrected chi connectivity index (χ4v) is 2.74. The summed E-state index contributed by atoms with van der Waals surface area (Å²) in [5.74, 6) is 0. The van der Waals surface area contributed by atoms with Crippen LogP contribution in [0.4, 0.5) is 13.2 Å². The third-order valence-electron chi connectivity index (χ3n) is 4.03. The lowest BCUT2D eigenvalue weighted by atomic mass is 9.99. The number of hydrogen-bond acceptors (Lipinski definition) is 2. The van der Waals surface area contributed by atoms with Crippen LogP contribution in [-0.2, 0) is 17.5 Å². The zero-order valence-corrected chi connectivity index (χ0v) is 12.6. The van der Waals surface area contributed by atoms with Crippen molar-refractivity contribution in [1.82, 2.24) is 5.32 Å². The molecule has 0 unspecified atom stereocenters. The van der Waals surface area contributed by atoms with E-state index >= 15 is 0 Å². The van der Waals surface area contributed by atoms with Crippen LogP contribution in [0.15, 0.2) is 48.5 Å². The van der Waals surface area contributed by atoms with Gasteiger partial charge in [-0.25, -0.2) is 0 Å². The first-order valence-electron chi connectivity index (χ1n) is 7.62. The van der Waals surface area contributed by atoms with Gasteiger partial charge in [0.2, 0.25) is 0 Å². The Morgan fingerprint density at radius 3 is 2.43 bits per heavy atom. The fraction of sp³-hybridized carbons (Fsp3) is 0.333. The van der Waals surface area contributed by atoms with Crippen molar-refractivity contribution in [3.63, 3.8) is 0 Å². The summed E-state index contributed by atoms with van der Waals surface area (Å²) in [6, 6.07) is 12.9. The van der Waals surface area contributed by atoms with Gasteiger partial charge < -0.3 is 10.1 Å². The number of rotatable bonds is 4. The highest BCUT2D eigenvalue weighted by atomic mass is 19.4. The molecule has 1 atom stereocenters. The summed E-state index contributed by atoms with van der Waals surface area (Å²) in [6.07, 6.45) is -3.12. The van der Waals surface area contributed by atoms with Crippen molar-refractivity contribution in [1.29, 1.82) is 0 Å². The van der Waals surface area contributed by atoms with Gasteiger partial charge in [0.1, 0.15) is 0 Å². The predicted molar refractivity (Wildman–Crippen MR) is 82.9 cm³/mol. The molecule has 1 heterocycles. The third-order valence-corrected chi connectivity index (χ3v) is 4.03. The second-order valence-electron chi connectivity index (χ2n) is 5.66. The first-order chi connectivity index (χ1) is 11.0. The van der Waals surface area contributed by atoms with E-state index in [1.165, 1.54) is 12.1 Å². The molecule has 2 aromatic rings. The molecule has 1 aliphatic heterocycles. The van der Waals surface area contributed by atoms with E-state index in [9.17, 15) is 13.2 Å². The number of ether oxygens (including phenoxy) is 1. The molecule has 122 valence electrons. The second-order valence-corrected chi connectivity index (χ2v) is 5.66. The lowest BCUT2D eigenvalue weighted by Gasteiger charge is -2.14. The van der Waals surface area contributed by atoms with Gasteiger partial charge in [-0.15, -0.1) is 0 Å². The van der Waals surface area contributed by atoms with Crippen LogP contribution < -0.4 is 5.32 Å². The lowest BCUT2D eigenvalue weighted by molar-refractivity contribution is -0.137. The predicted octanol–water partition coefficient (Wildman–Crippen LogP) is 4.25. The van der Waals surface area contributed by atoms with E-state index in [0.29, 0.717) is 6.61 Å². The molecule has 2 nitrogen and oxygen atoms in total. The summed E-state index contributed by atoms with van der Waals surface area (Å²) in [7, 11) is 0. The van der Waals surface area contributed by atoms with Crippen LogP contribution in [0.3, 0.4) is 0 Å². The lowest BCUT2D eigenvalue weighted by Crippen LogP contribution is -2.16. The highest BCUT2D eigenvalue weighted by molar-refractivity contribution is 5.67. The molecule has 0 radical (unpaired) electrons. The molecular weight excluding hydrogens is 303 g/mol. The topological polar surface area (TPSA) is 21.3 Å². The molecule has 1 aliphatic rings. The molecule has 0 bridgehead atoms. The Bertz CT molecular complexity index is 646. The molecule has 1 saturated heterocycles. The van der Waals surface area contributed by atoms with Crippen LogP contribution >= 0.6 is 0 Å². The quantitative estimate of drug-likeness (QED) is 0.909. The van der Waals surface area contributed by atoms with Crippen LogP contribution in [0, 0.1) is 0 Å². The van der Waals surface area contributed by atoms with E-state index in [4.69, 9.17) is 4.74 Å². The molecule has 3 rings (SSSR count). The normalized spacial score (nSPS) is 18.3. The average molecular weight is 321 g/mol. The first kappa shape index (κ1) is 16.0. The van der Waals surface area contributed by atoms with Gasteiger partial charge in [-0.2, -0.15) is 13.2 Å². The van der Waals surface area contributed by atoms with Crippen molar-refractivity contribution < 1.29 is 17.9 Å². The maximum atomic E-state index is 12.7. The zero-order chi connectivity index (χ0) is 16.3. The van der Waals surface area contributed by atoms with E-state index in [0.717, 1.165) is 48.3 Å². The largest absolute Gasteiger partial charge is 0.416 e. The Labute approximate surface area is 133 Å². The van der Waals surface area contributed by atoms with Crippen molar-refractivity contribution in [2.75, 3.05) is 13.1 Å². The number of halogens is 3. The Balaban J connectivity index is 1.79. The van der Waals surface area contributed by atoms with E-state index in [1.54, 1.807) is 0 Å². The van der Waals surface area contributed by atoms with Gasteiger partial charge in [0.25, 0.3) is 0 Å². The molecule has 2 aromatic carbocycles. The summed E-state index contributed by atoms with van der Waals surface area (Å²) in [4.78, 5) is 0. The molecule has 0 saturated carbocycles. The summed E-state index contributed by atoms with van der Waals surface area (Å²) in [5, 5.41) is 3.24. The highest BCUT2D eigenvalue weighted by Gasteiger charge is 2.30. The minimum absolute atomic E-state index is 0.204. The molecule has 1 fully saturated rings. The van der Waals surface area contributed by atoms with Crippen LogP contribution in [0.2, 0.25) is 0 Å².